The van der Waals surface area contributed by atoms with Gasteiger partial charge >= 0.3 is 6.18 Å². The molecule has 5 nitrogen and oxygen atoms in total. The molecule has 1 unspecified atom stereocenters. The molecule has 1 fully saturated rings. The van der Waals surface area contributed by atoms with Gasteiger partial charge in [-0.15, -0.1) is 0 Å². The summed E-state index contributed by atoms with van der Waals surface area (Å²) in [6, 6.07) is 6.85. The van der Waals surface area contributed by atoms with Crippen LogP contribution in [-0.2, 0) is 17.5 Å². The van der Waals surface area contributed by atoms with Crippen molar-refractivity contribution < 1.29 is 18.0 Å². The molecule has 0 radical (unpaired) electrons. The number of hydrogen-bond donors (Lipinski definition) is 0. The molecule has 0 bridgehead atoms. The van der Waals surface area contributed by atoms with Crippen LogP contribution in [0.5, 0.6) is 0 Å². The fourth-order valence-corrected chi connectivity index (χ4v) is 3.74. The number of likely N-dealkylation sites (tertiary alicyclic amines) is 1. The zero-order valence-corrected chi connectivity index (χ0v) is 13.6. The van der Waals surface area contributed by atoms with Crippen molar-refractivity contribution in [1.29, 1.82) is 0 Å². The maximum Gasteiger partial charge on any atom is 0.416 e. The second-order valence-electron chi connectivity index (χ2n) is 6.73. The van der Waals surface area contributed by atoms with Crippen molar-refractivity contribution in [1.82, 2.24) is 14.7 Å². The summed E-state index contributed by atoms with van der Waals surface area (Å²) in [5, 5.41) is 4.29. The van der Waals surface area contributed by atoms with Crippen LogP contribution in [0.4, 0.5) is 24.7 Å². The van der Waals surface area contributed by atoms with E-state index in [9.17, 15) is 18.0 Å². The number of rotatable bonds is 1. The molecular weight excluding hydrogens is 333 g/mol. The zero-order chi connectivity index (χ0) is 17.8. The van der Waals surface area contributed by atoms with Crippen LogP contribution in [0.2, 0.25) is 0 Å². The number of benzene rings is 1. The molecule has 1 spiro atoms. The molecule has 2 aliphatic heterocycles. The van der Waals surface area contributed by atoms with Crippen LogP contribution in [0, 0.1) is 5.41 Å². The largest absolute Gasteiger partial charge is 0.416 e. The van der Waals surface area contributed by atoms with Gasteiger partial charge in [0.1, 0.15) is 5.82 Å². The number of fused-ring (bicyclic) bond motifs is 1. The fraction of sp³-hybridized carbons (Fsp3) is 0.412. The van der Waals surface area contributed by atoms with Gasteiger partial charge in [0.25, 0.3) is 0 Å². The van der Waals surface area contributed by atoms with E-state index in [1.165, 1.54) is 12.1 Å². The smallest absolute Gasteiger partial charge is 0.345 e. The summed E-state index contributed by atoms with van der Waals surface area (Å²) >= 11 is 0. The molecule has 4 rings (SSSR count). The summed E-state index contributed by atoms with van der Waals surface area (Å²) in [6.45, 7) is 1.61. The van der Waals surface area contributed by atoms with Gasteiger partial charge in [-0.1, -0.05) is 0 Å². The van der Waals surface area contributed by atoms with E-state index in [-0.39, 0.29) is 5.91 Å². The van der Waals surface area contributed by atoms with Gasteiger partial charge < -0.3 is 9.80 Å². The van der Waals surface area contributed by atoms with Crippen molar-refractivity contribution in [3.63, 3.8) is 0 Å². The summed E-state index contributed by atoms with van der Waals surface area (Å²) in [5.41, 5.74) is -0.652. The van der Waals surface area contributed by atoms with E-state index in [1.807, 2.05) is 11.0 Å². The lowest BCUT2D eigenvalue weighted by atomic mass is 9.84. The Hall–Kier alpha value is -2.51. The van der Waals surface area contributed by atoms with E-state index < -0.39 is 17.2 Å². The van der Waals surface area contributed by atoms with E-state index in [4.69, 9.17) is 0 Å². The van der Waals surface area contributed by atoms with Gasteiger partial charge in [-0.2, -0.15) is 18.3 Å². The third-order valence-corrected chi connectivity index (χ3v) is 5.12. The molecule has 25 heavy (non-hydrogen) atoms. The standard InChI is InChI=1S/C17H17F3N4O/c1-22-9-7-16(15(22)25)10-23(14-6-8-21-24(14)11-16)13-4-2-12(3-5-13)17(18,19)20/h2-6,8H,7,9-11H2,1H3. The predicted molar refractivity (Wildman–Crippen MR) is 85.4 cm³/mol. The van der Waals surface area contributed by atoms with Crippen LogP contribution in [0.1, 0.15) is 12.0 Å². The van der Waals surface area contributed by atoms with E-state index in [0.717, 1.165) is 18.0 Å². The van der Waals surface area contributed by atoms with Crippen LogP contribution >= 0.6 is 0 Å². The fourth-order valence-electron chi connectivity index (χ4n) is 3.74. The Labute approximate surface area is 142 Å². The normalized spacial score (nSPS) is 23.4. The van der Waals surface area contributed by atoms with E-state index >= 15 is 0 Å². The number of hydrogen-bond acceptors (Lipinski definition) is 3. The molecule has 1 amide bonds. The maximum atomic E-state index is 12.8. The molecule has 132 valence electrons. The van der Waals surface area contributed by atoms with Crippen LogP contribution in [-0.4, -0.2) is 40.7 Å². The van der Waals surface area contributed by atoms with Crippen LogP contribution in [0.3, 0.4) is 0 Å². The molecule has 1 saturated heterocycles. The van der Waals surface area contributed by atoms with Crippen molar-refractivity contribution in [3.05, 3.63) is 42.1 Å². The number of carbonyl (C=O) groups is 1. The minimum absolute atomic E-state index is 0.0607. The molecule has 3 heterocycles. The molecule has 2 aliphatic rings. The second-order valence-corrected chi connectivity index (χ2v) is 6.73. The average molecular weight is 350 g/mol. The van der Waals surface area contributed by atoms with Crippen molar-refractivity contribution in [2.75, 3.05) is 25.0 Å². The minimum Gasteiger partial charge on any atom is -0.345 e. The maximum absolute atomic E-state index is 12.8. The Morgan fingerprint density at radius 3 is 2.44 bits per heavy atom. The van der Waals surface area contributed by atoms with E-state index in [2.05, 4.69) is 5.10 Å². The minimum atomic E-state index is -4.37. The molecule has 1 aromatic carbocycles. The first-order chi connectivity index (χ1) is 11.8. The molecular formula is C17H17F3N4O. The summed E-state index contributed by atoms with van der Waals surface area (Å²) in [6.07, 6.45) is -2.01. The van der Waals surface area contributed by atoms with Crippen LogP contribution in [0.15, 0.2) is 36.5 Å². The zero-order valence-electron chi connectivity index (χ0n) is 13.6. The van der Waals surface area contributed by atoms with Crippen molar-refractivity contribution >= 4 is 17.4 Å². The molecule has 1 atom stereocenters. The molecule has 8 heteroatoms. The first-order valence-electron chi connectivity index (χ1n) is 8.02. The topological polar surface area (TPSA) is 41.4 Å². The van der Waals surface area contributed by atoms with Gasteiger partial charge in [-0.25, -0.2) is 4.68 Å². The van der Waals surface area contributed by atoms with Crippen LogP contribution < -0.4 is 4.90 Å². The summed E-state index contributed by atoms with van der Waals surface area (Å²) in [7, 11) is 1.78. The number of nitrogens with zero attached hydrogens (tertiary/aromatic N) is 4. The lowest BCUT2D eigenvalue weighted by Crippen LogP contribution is -2.48. The Morgan fingerprint density at radius 2 is 1.84 bits per heavy atom. The Bertz CT molecular complexity index is 814. The Kier molecular flexibility index (Phi) is 3.35. The van der Waals surface area contributed by atoms with Gasteiger partial charge in [-0.3, -0.25) is 4.79 Å². The summed E-state index contributed by atoms with van der Waals surface area (Å²) in [5.74, 6) is 0.846. The number of carbonyl (C=O) groups excluding carboxylic acids is 1. The van der Waals surface area contributed by atoms with Crippen LogP contribution in [0.25, 0.3) is 0 Å². The third kappa shape index (κ3) is 2.47. The first kappa shape index (κ1) is 16.0. The SMILES string of the molecule is CN1CCC2(CN(c3ccc(C(F)(F)F)cc3)c3ccnn3C2)C1=O. The van der Waals surface area contributed by atoms with Gasteiger partial charge in [0.2, 0.25) is 5.91 Å². The highest BCUT2D eigenvalue weighted by Gasteiger charge is 2.50. The van der Waals surface area contributed by atoms with E-state index in [0.29, 0.717) is 31.7 Å². The third-order valence-electron chi connectivity index (χ3n) is 5.12. The van der Waals surface area contributed by atoms with Gasteiger partial charge in [0, 0.05) is 31.9 Å². The first-order valence-corrected chi connectivity index (χ1v) is 8.02. The molecule has 2 aromatic rings. The summed E-state index contributed by atoms with van der Waals surface area (Å²) in [4.78, 5) is 16.3. The summed E-state index contributed by atoms with van der Waals surface area (Å²) < 4.78 is 40.2. The van der Waals surface area contributed by atoms with Gasteiger partial charge in [0.05, 0.1) is 23.7 Å². The van der Waals surface area contributed by atoms with Crippen molar-refractivity contribution in [3.8, 4) is 0 Å². The number of aromatic nitrogens is 2. The number of amides is 1. The van der Waals surface area contributed by atoms with Crippen molar-refractivity contribution in [2.24, 2.45) is 5.41 Å². The second kappa shape index (κ2) is 5.24. The van der Waals surface area contributed by atoms with Gasteiger partial charge in [0.15, 0.2) is 0 Å². The highest BCUT2D eigenvalue weighted by molar-refractivity contribution is 5.86. The van der Waals surface area contributed by atoms with Gasteiger partial charge in [-0.05, 0) is 30.7 Å². The molecule has 0 aliphatic carbocycles. The lowest BCUT2D eigenvalue weighted by molar-refractivity contribution is -0.137. The monoisotopic (exact) mass is 350 g/mol. The predicted octanol–water partition coefficient (Wildman–Crippen LogP) is 2.90. The lowest BCUT2D eigenvalue weighted by Gasteiger charge is -2.40. The van der Waals surface area contributed by atoms with Crippen molar-refractivity contribution in [2.45, 2.75) is 19.1 Å². The Morgan fingerprint density at radius 1 is 1.12 bits per heavy atom. The molecule has 0 saturated carbocycles. The number of alkyl halides is 3. The molecule has 0 N–H and O–H groups in total. The highest BCUT2D eigenvalue weighted by atomic mass is 19.4. The average Bonchev–Trinajstić information content (AvgIpc) is 3.15. The number of halogens is 3. The quantitative estimate of drug-likeness (QED) is 0.794. The van der Waals surface area contributed by atoms with E-state index in [1.54, 1.807) is 22.8 Å². The Balaban J connectivity index is 1.73. The number of anilines is 2. The molecule has 1 aromatic heterocycles. The highest BCUT2D eigenvalue weighted by Crippen LogP contribution is 2.42.